The van der Waals surface area contributed by atoms with Crippen LogP contribution in [0.1, 0.15) is 12.8 Å². The summed E-state index contributed by atoms with van der Waals surface area (Å²) in [6, 6.07) is 11.0. The van der Waals surface area contributed by atoms with Crippen LogP contribution in [0.5, 0.6) is 5.75 Å². The van der Waals surface area contributed by atoms with Gasteiger partial charge in [0.25, 0.3) is 5.91 Å². The van der Waals surface area contributed by atoms with Crippen molar-refractivity contribution in [2.45, 2.75) is 19.6 Å². The van der Waals surface area contributed by atoms with E-state index in [2.05, 4.69) is 15.0 Å². The predicted molar refractivity (Wildman–Crippen MR) is 111 cm³/mol. The van der Waals surface area contributed by atoms with Gasteiger partial charge in [-0.25, -0.2) is 0 Å². The summed E-state index contributed by atoms with van der Waals surface area (Å²) in [7, 11) is 0. The van der Waals surface area contributed by atoms with Gasteiger partial charge in [-0.2, -0.15) is 4.98 Å². The van der Waals surface area contributed by atoms with Gasteiger partial charge >= 0.3 is 0 Å². The normalized spacial score (nSPS) is 16.0. The molecule has 1 fully saturated rings. The van der Waals surface area contributed by atoms with Crippen LogP contribution >= 0.6 is 22.9 Å². The van der Waals surface area contributed by atoms with Crippen molar-refractivity contribution in [1.82, 2.24) is 19.9 Å². The molecule has 3 aromatic rings. The number of piperazine rings is 1. The van der Waals surface area contributed by atoms with Gasteiger partial charge in [0.15, 0.2) is 6.10 Å². The Morgan fingerprint density at radius 2 is 2.10 bits per heavy atom. The molecular weight excluding hydrogens is 412 g/mol. The highest BCUT2D eigenvalue weighted by atomic mass is 35.5. The summed E-state index contributed by atoms with van der Waals surface area (Å²) in [5, 5.41) is 6.61. The Morgan fingerprint density at radius 1 is 1.28 bits per heavy atom. The molecule has 1 aliphatic rings. The Balaban J connectivity index is 1.27. The third-order valence-electron chi connectivity index (χ3n) is 4.71. The summed E-state index contributed by atoms with van der Waals surface area (Å²) in [5.74, 6) is 1.78. The van der Waals surface area contributed by atoms with Crippen molar-refractivity contribution < 1.29 is 14.1 Å². The molecule has 0 bridgehead atoms. The number of benzene rings is 1. The molecule has 4 rings (SSSR count). The fourth-order valence-corrected chi connectivity index (χ4v) is 4.02. The van der Waals surface area contributed by atoms with Crippen molar-refractivity contribution in [3.63, 3.8) is 0 Å². The molecule has 0 aliphatic carbocycles. The standard InChI is InChI=1S/C20H21ClN4O3S/c1-14(27-16-5-2-4-15(21)12-16)20(26)25-9-7-24(8-10-25)13-18-22-19(23-28-18)17-6-3-11-29-17/h2-6,11-12,14H,7-10,13H2,1H3. The summed E-state index contributed by atoms with van der Waals surface area (Å²) >= 11 is 7.55. The van der Waals surface area contributed by atoms with Crippen LogP contribution in [0.3, 0.4) is 0 Å². The van der Waals surface area contributed by atoms with Crippen molar-refractivity contribution in [3.8, 4) is 16.5 Å². The summed E-state index contributed by atoms with van der Waals surface area (Å²) in [6.07, 6.45) is -0.565. The molecule has 1 unspecified atom stereocenters. The molecule has 1 aliphatic heterocycles. The minimum Gasteiger partial charge on any atom is -0.481 e. The maximum absolute atomic E-state index is 12.7. The van der Waals surface area contributed by atoms with Gasteiger partial charge in [0.1, 0.15) is 5.75 Å². The summed E-state index contributed by atoms with van der Waals surface area (Å²) in [4.78, 5) is 22.2. The number of carbonyl (C=O) groups is 1. The van der Waals surface area contributed by atoms with Crippen LogP contribution < -0.4 is 4.74 Å². The van der Waals surface area contributed by atoms with Gasteiger partial charge in [-0.1, -0.05) is 28.9 Å². The highest BCUT2D eigenvalue weighted by Gasteiger charge is 2.27. The second kappa shape index (κ2) is 8.94. The Kier molecular flexibility index (Phi) is 6.13. The van der Waals surface area contributed by atoms with E-state index in [0.29, 0.717) is 42.1 Å². The Labute approximate surface area is 177 Å². The summed E-state index contributed by atoms with van der Waals surface area (Å²) in [6.45, 7) is 5.09. The number of amides is 1. The zero-order valence-corrected chi connectivity index (χ0v) is 17.5. The molecule has 1 saturated heterocycles. The number of nitrogens with zero attached hydrogens (tertiary/aromatic N) is 4. The Morgan fingerprint density at radius 3 is 2.83 bits per heavy atom. The molecule has 0 saturated carbocycles. The van der Waals surface area contributed by atoms with E-state index in [0.717, 1.165) is 18.0 Å². The van der Waals surface area contributed by atoms with Crippen molar-refractivity contribution >= 4 is 28.8 Å². The number of hydrogen-bond donors (Lipinski definition) is 0. The lowest BCUT2D eigenvalue weighted by Crippen LogP contribution is -2.51. The van der Waals surface area contributed by atoms with E-state index in [1.54, 1.807) is 42.5 Å². The minimum atomic E-state index is -0.565. The van der Waals surface area contributed by atoms with Crippen molar-refractivity contribution in [3.05, 3.63) is 52.7 Å². The average Bonchev–Trinajstić information content (AvgIpc) is 3.40. The first-order chi connectivity index (χ1) is 14.1. The molecule has 2 aromatic heterocycles. The van der Waals surface area contributed by atoms with Gasteiger partial charge in [-0.15, -0.1) is 11.3 Å². The summed E-state index contributed by atoms with van der Waals surface area (Å²) in [5.41, 5.74) is 0. The molecule has 1 atom stereocenters. The fraction of sp³-hybridized carbons (Fsp3) is 0.350. The van der Waals surface area contributed by atoms with E-state index in [4.69, 9.17) is 20.9 Å². The third-order valence-corrected chi connectivity index (χ3v) is 5.81. The van der Waals surface area contributed by atoms with Gasteiger partial charge in [-0.3, -0.25) is 9.69 Å². The van der Waals surface area contributed by atoms with Gasteiger partial charge in [-0.05, 0) is 36.6 Å². The number of hydrogen-bond acceptors (Lipinski definition) is 7. The second-order valence-electron chi connectivity index (χ2n) is 6.81. The smallest absolute Gasteiger partial charge is 0.263 e. The van der Waals surface area contributed by atoms with Crippen LogP contribution in [0.25, 0.3) is 10.7 Å². The highest BCUT2D eigenvalue weighted by molar-refractivity contribution is 7.13. The number of carbonyl (C=O) groups excluding carboxylic acids is 1. The van der Waals surface area contributed by atoms with E-state index in [-0.39, 0.29) is 5.91 Å². The first kappa shape index (κ1) is 19.9. The van der Waals surface area contributed by atoms with Gasteiger partial charge < -0.3 is 14.2 Å². The van der Waals surface area contributed by atoms with Gasteiger partial charge in [0.2, 0.25) is 11.7 Å². The van der Waals surface area contributed by atoms with Gasteiger partial charge in [0, 0.05) is 31.2 Å². The van der Waals surface area contributed by atoms with Crippen LogP contribution in [0.2, 0.25) is 5.02 Å². The number of rotatable bonds is 6. The Bertz CT molecular complexity index is 954. The number of halogens is 1. The maximum Gasteiger partial charge on any atom is 0.263 e. The fourth-order valence-electron chi connectivity index (χ4n) is 3.19. The lowest BCUT2D eigenvalue weighted by molar-refractivity contribution is -0.139. The monoisotopic (exact) mass is 432 g/mol. The molecule has 152 valence electrons. The number of thiophene rings is 1. The van der Waals surface area contributed by atoms with Crippen molar-refractivity contribution in [1.29, 1.82) is 0 Å². The van der Waals surface area contributed by atoms with E-state index in [1.165, 1.54) is 0 Å². The van der Waals surface area contributed by atoms with E-state index < -0.39 is 6.10 Å². The lowest BCUT2D eigenvalue weighted by atomic mass is 10.2. The van der Waals surface area contributed by atoms with Crippen LogP contribution in [0, 0.1) is 0 Å². The first-order valence-electron chi connectivity index (χ1n) is 9.38. The minimum absolute atomic E-state index is 0.0256. The molecular formula is C20H21ClN4O3S. The number of ether oxygens (including phenoxy) is 1. The zero-order valence-electron chi connectivity index (χ0n) is 16.0. The van der Waals surface area contributed by atoms with Crippen LogP contribution in [-0.4, -0.2) is 58.1 Å². The SMILES string of the molecule is CC(Oc1cccc(Cl)c1)C(=O)N1CCN(Cc2nc(-c3cccs3)no2)CC1. The molecule has 0 N–H and O–H groups in total. The second-order valence-corrected chi connectivity index (χ2v) is 8.19. The van der Waals surface area contributed by atoms with Crippen LogP contribution in [0.4, 0.5) is 0 Å². The molecule has 3 heterocycles. The predicted octanol–water partition coefficient (Wildman–Crippen LogP) is 3.56. The molecule has 7 nitrogen and oxygen atoms in total. The average molecular weight is 433 g/mol. The van der Waals surface area contributed by atoms with E-state index in [9.17, 15) is 4.79 Å². The first-order valence-corrected chi connectivity index (χ1v) is 10.6. The maximum atomic E-state index is 12.7. The largest absolute Gasteiger partial charge is 0.481 e. The van der Waals surface area contributed by atoms with Crippen LogP contribution in [-0.2, 0) is 11.3 Å². The zero-order chi connectivity index (χ0) is 20.2. The van der Waals surface area contributed by atoms with Crippen LogP contribution in [0.15, 0.2) is 46.3 Å². The summed E-state index contributed by atoms with van der Waals surface area (Å²) < 4.78 is 11.1. The number of aromatic nitrogens is 2. The molecule has 0 radical (unpaired) electrons. The topological polar surface area (TPSA) is 71.7 Å². The molecule has 0 spiro atoms. The third kappa shape index (κ3) is 4.95. The molecule has 29 heavy (non-hydrogen) atoms. The van der Waals surface area contributed by atoms with Crippen molar-refractivity contribution in [2.24, 2.45) is 0 Å². The Hall–Kier alpha value is -2.42. The quantitative estimate of drug-likeness (QED) is 0.593. The molecule has 9 heteroatoms. The van der Waals surface area contributed by atoms with Crippen molar-refractivity contribution in [2.75, 3.05) is 26.2 Å². The highest BCUT2D eigenvalue weighted by Crippen LogP contribution is 2.22. The van der Waals surface area contributed by atoms with E-state index >= 15 is 0 Å². The molecule has 1 aromatic carbocycles. The molecule has 1 amide bonds. The lowest BCUT2D eigenvalue weighted by Gasteiger charge is -2.35. The van der Waals surface area contributed by atoms with E-state index in [1.807, 2.05) is 22.4 Å². The van der Waals surface area contributed by atoms with Gasteiger partial charge in [0.05, 0.1) is 11.4 Å².